The van der Waals surface area contributed by atoms with Crippen LogP contribution in [0.15, 0.2) is 46.9 Å². The summed E-state index contributed by atoms with van der Waals surface area (Å²) < 4.78 is 13.7. The van der Waals surface area contributed by atoms with E-state index in [2.05, 4.69) is 21.2 Å². The minimum Gasteiger partial charge on any atom is -0.351 e. The van der Waals surface area contributed by atoms with Gasteiger partial charge in [-0.25, -0.2) is 4.39 Å². The lowest BCUT2D eigenvalue weighted by Gasteiger charge is -2.13. The molecule has 0 bridgehead atoms. The molecule has 2 aromatic carbocycles. The number of amides is 1. The Kier molecular flexibility index (Phi) is 5.37. The number of halogens is 3. The number of hydrogen-bond donors (Lipinski definition) is 1. The number of rotatable bonds is 4. The predicted octanol–water partition coefficient (Wildman–Crippen LogP) is 4.78. The minimum absolute atomic E-state index is 0.0838. The molecule has 5 heteroatoms. The van der Waals surface area contributed by atoms with E-state index >= 15 is 0 Å². The van der Waals surface area contributed by atoms with E-state index in [0.29, 0.717) is 17.1 Å². The van der Waals surface area contributed by atoms with E-state index in [1.807, 2.05) is 6.92 Å². The summed E-state index contributed by atoms with van der Waals surface area (Å²) in [6, 6.07) is 11.4. The maximum absolute atomic E-state index is 12.9. The molecule has 1 unspecified atom stereocenters. The van der Waals surface area contributed by atoms with Crippen LogP contribution in [0, 0.1) is 5.82 Å². The van der Waals surface area contributed by atoms with Crippen LogP contribution in [-0.2, 0) is 0 Å². The Hall–Kier alpha value is -1.39. The van der Waals surface area contributed by atoms with Gasteiger partial charge >= 0.3 is 0 Å². The highest BCUT2D eigenvalue weighted by Crippen LogP contribution is 2.21. The Labute approximate surface area is 136 Å². The van der Waals surface area contributed by atoms with Gasteiger partial charge in [0, 0.05) is 11.0 Å². The Morgan fingerprint density at radius 1 is 1.29 bits per heavy atom. The van der Waals surface area contributed by atoms with Crippen molar-refractivity contribution >= 4 is 33.4 Å². The molecule has 2 nitrogen and oxygen atoms in total. The van der Waals surface area contributed by atoms with Gasteiger partial charge in [0.25, 0.3) is 5.91 Å². The molecule has 2 rings (SSSR count). The number of nitrogens with one attached hydrogen (secondary N) is 1. The SMILES string of the molecule is CC(CNC(=O)c1cc(Br)ccc1Cl)c1ccc(F)cc1. The number of benzene rings is 2. The molecule has 1 N–H and O–H groups in total. The van der Waals surface area contributed by atoms with Crippen molar-refractivity contribution in [3.05, 3.63) is 68.9 Å². The van der Waals surface area contributed by atoms with Crippen LogP contribution >= 0.6 is 27.5 Å². The van der Waals surface area contributed by atoms with Crippen LogP contribution in [0.3, 0.4) is 0 Å². The van der Waals surface area contributed by atoms with Gasteiger partial charge < -0.3 is 5.32 Å². The molecule has 1 amide bonds. The standard InChI is InChI=1S/C16H14BrClFNO/c1-10(11-2-5-13(19)6-3-11)9-20-16(21)14-8-12(17)4-7-15(14)18/h2-8,10H,9H2,1H3,(H,20,21). The summed E-state index contributed by atoms with van der Waals surface area (Å²) in [6.45, 7) is 2.42. The van der Waals surface area contributed by atoms with Crippen LogP contribution in [0.4, 0.5) is 4.39 Å². The first-order valence-electron chi connectivity index (χ1n) is 6.46. The number of hydrogen-bond acceptors (Lipinski definition) is 1. The highest BCUT2D eigenvalue weighted by atomic mass is 79.9. The lowest BCUT2D eigenvalue weighted by Crippen LogP contribution is -2.27. The first kappa shape index (κ1) is 16.0. The second-order valence-electron chi connectivity index (χ2n) is 4.79. The summed E-state index contributed by atoms with van der Waals surface area (Å²) >= 11 is 9.33. The minimum atomic E-state index is -0.268. The lowest BCUT2D eigenvalue weighted by molar-refractivity contribution is 0.0951. The monoisotopic (exact) mass is 369 g/mol. The normalized spacial score (nSPS) is 12.0. The van der Waals surface area contributed by atoms with Crippen LogP contribution in [0.25, 0.3) is 0 Å². The van der Waals surface area contributed by atoms with Gasteiger partial charge in [-0.05, 0) is 41.8 Å². The van der Waals surface area contributed by atoms with Crippen LogP contribution in [0.5, 0.6) is 0 Å². The van der Waals surface area contributed by atoms with Gasteiger partial charge in [-0.3, -0.25) is 4.79 Å². The summed E-state index contributed by atoms with van der Waals surface area (Å²) in [6.07, 6.45) is 0. The Morgan fingerprint density at radius 2 is 1.95 bits per heavy atom. The lowest BCUT2D eigenvalue weighted by atomic mass is 10.0. The van der Waals surface area contributed by atoms with Crippen molar-refractivity contribution in [3.63, 3.8) is 0 Å². The molecule has 21 heavy (non-hydrogen) atoms. The smallest absolute Gasteiger partial charge is 0.252 e. The molecule has 1 atom stereocenters. The van der Waals surface area contributed by atoms with Gasteiger partial charge in [0.2, 0.25) is 0 Å². The summed E-state index contributed by atoms with van der Waals surface area (Å²) in [5, 5.41) is 3.25. The van der Waals surface area contributed by atoms with Crippen LogP contribution in [0.1, 0.15) is 28.8 Å². The van der Waals surface area contributed by atoms with E-state index in [4.69, 9.17) is 11.6 Å². The fraction of sp³-hybridized carbons (Fsp3) is 0.188. The van der Waals surface area contributed by atoms with Crippen LogP contribution in [0.2, 0.25) is 5.02 Å². The summed E-state index contributed by atoms with van der Waals surface area (Å²) in [7, 11) is 0. The third-order valence-electron chi connectivity index (χ3n) is 3.18. The van der Waals surface area contributed by atoms with E-state index in [1.54, 1.807) is 30.3 Å². The van der Waals surface area contributed by atoms with Crippen LogP contribution < -0.4 is 5.32 Å². The van der Waals surface area contributed by atoms with Crippen molar-refractivity contribution in [3.8, 4) is 0 Å². The van der Waals surface area contributed by atoms with Crippen molar-refractivity contribution in [2.24, 2.45) is 0 Å². The van der Waals surface area contributed by atoms with Crippen molar-refractivity contribution in [1.82, 2.24) is 5.32 Å². The quantitative estimate of drug-likeness (QED) is 0.825. The molecule has 0 aliphatic rings. The first-order valence-corrected chi connectivity index (χ1v) is 7.63. The molecule has 0 spiro atoms. The number of carbonyl (C=O) groups is 1. The molecule has 0 saturated heterocycles. The van der Waals surface area contributed by atoms with Gasteiger partial charge in [0.1, 0.15) is 5.82 Å². The molecular formula is C16H14BrClFNO. The summed E-state index contributed by atoms with van der Waals surface area (Å²) in [5.41, 5.74) is 1.40. The first-order chi connectivity index (χ1) is 9.97. The van der Waals surface area contributed by atoms with E-state index < -0.39 is 0 Å². The molecule has 0 saturated carbocycles. The zero-order valence-electron chi connectivity index (χ0n) is 11.4. The molecule has 0 fully saturated rings. The van der Waals surface area contributed by atoms with E-state index in [-0.39, 0.29) is 17.6 Å². The fourth-order valence-electron chi connectivity index (χ4n) is 1.92. The van der Waals surface area contributed by atoms with Gasteiger partial charge in [0.15, 0.2) is 0 Å². The van der Waals surface area contributed by atoms with Crippen molar-refractivity contribution in [2.75, 3.05) is 6.54 Å². The zero-order chi connectivity index (χ0) is 15.4. The molecule has 0 aliphatic carbocycles. The van der Waals surface area contributed by atoms with E-state index in [9.17, 15) is 9.18 Å². The Balaban J connectivity index is 2.00. The summed E-state index contributed by atoms with van der Waals surface area (Å²) in [5.74, 6) is -0.411. The third-order valence-corrected chi connectivity index (χ3v) is 4.00. The molecular weight excluding hydrogens is 357 g/mol. The largest absolute Gasteiger partial charge is 0.351 e. The average molecular weight is 371 g/mol. The molecule has 2 aromatic rings. The fourth-order valence-corrected chi connectivity index (χ4v) is 2.49. The topological polar surface area (TPSA) is 29.1 Å². The average Bonchev–Trinajstić information content (AvgIpc) is 2.47. The molecule has 0 radical (unpaired) electrons. The predicted molar refractivity (Wildman–Crippen MR) is 86.3 cm³/mol. The van der Waals surface area contributed by atoms with Crippen molar-refractivity contribution in [1.29, 1.82) is 0 Å². The van der Waals surface area contributed by atoms with Gasteiger partial charge in [-0.2, -0.15) is 0 Å². The van der Waals surface area contributed by atoms with Crippen molar-refractivity contribution < 1.29 is 9.18 Å². The van der Waals surface area contributed by atoms with E-state index in [0.717, 1.165) is 10.0 Å². The Morgan fingerprint density at radius 3 is 2.62 bits per heavy atom. The highest BCUT2D eigenvalue weighted by molar-refractivity contribution is 9.10. The van der Waals surface area contributed by atoms with Gasteiger partial charge in [-0.15, -0.1) is 0 Å². The Bertz CT molecular complexity index is 645. The maximum atomic E-state index is 12.9. The van der Waals surface area contributed by atoms with Gasteiger partial charge in [0.05, 0.1) is 10.6 Å². The zero-order valence-corrected chi connectivity index (χ0v) is 13.7. The van der Waals surface area contributed by atoms with E-state index in [1.165, 1.54) is 12.1 Å². The second kappa shape index (κ2) is 7.05. The second-order valence-corrected chi connectivity index (χ2v) is 6.11. The maximum Gasteiger partial charge on any atom is 0.252 e. The third kappa shape index (κ3) is 4.29. The molecule has 0 aliphatic heterocycles. The van der Waals surface area contributed by atoms with Crippen molar-refractivity contribution in [2.45, 2.75) is 12.8 Å². The highest BCUT2D eigenvalue weighted by Gasteiger charge is 2.13. The molecule has 0 aromatic heterocycles. The van der Waals surface area contributed by atoms with Gasteiger partial charge in [-0.1, -0.05) is 46.6 Å². The summed E-state index contributed by atoms with van der Waals surface area (Å²) in [4.78, 5) is 12.1. The molecule has 110 valence electrons. The van der Waals surface area contributed by atoms with Crippen LogP contribution in [-0.4, -0.2) is 12.5 Å². The molecule has 0 heterocycles. The number of carbonyl (C=O) groups excluding carboxylic acids is 1.